The average Bonchev–Trinajstić information content (AvgIpc) is 3.13. The van der Waals surface area contributed by atoms with Crippen LogP contribution in [0.4, 0.5) is 5.95 Å². The molecule has 0 aliphatic heterocycles. The van der Waals surface area contributed by atoms with Crippen molar-refractivity contribution in [2.45, 2.75) is 50.4 Å². The first-order chi connectivity index (χ1) is 10.5. The van der Waals surface area contributed by atoms with Crippen LogP contribution in [0.3, 0.4) is 0 Å². The number of imidazole rings is 1. The maximum absolute atomic E-state index is 12.6. The number of H-pyrrole nitrogens is 1. The van der Waals surface area contributed by atoms with E-state index in [1.165, 1.54) is 10.9 Å². The Balaban J connectivity index is 1.79. The lowest BCUT2D eigenvalue weighted by molar-refractivity contribution is -0.0302. The summed E-state index contributed by atoms with van der Waals surface area (Å²) < 4.78 is 1.43. The van der Waals surface area contributed by atoms with E-state index < -0.39 is 17.6 Å². The fourth-order valence-electron chi connectivity index (χ4n) is 4.32. The Labute approximate surface area is 126 Å². The number of nitrogens with two attached hydrogens (primary N) is 1. The summed E-state index contributed by atoms with van der Waals surface area (Å²) in [5.41, 5.74) is 5.77. The maximum Gasteiger partial charge on any atom is 0.281 e. The number of nitrogens with zero attached hydrogens (tertiary/aromatic N) is 3. The molecule has 0 bridgehead atoms. The minimum Gasteiger partial charge on any atom is -0.392 e. The summed E-state index contributed by atoms with van der Waals surface area (Å²) in [5, 5.41) is 20.8. The van der Waals surface area contributed by atoms with Crippen LogP contribution < -0.4 is 11.3 Å². The second kappa shape index (κ2) is 4.53. The summed E-state index contributed by atoms with van der Waals surface area (Å²) >= 11 is 0. The normalized spacial score (nSPS) is 34.9. The molecule has 4 rings (SSSR count). The van der Waals surface area contributed by atoms with E-state index in [2.05, 4.69) is 15.0 Å². The van der Waals surface area contributed by atoms with Gasteiger partial charge in [-0.2, -0.15) is 4.98 Å². The van der Waals surface area contributed by atoms with Gasteiger partial charge in [0.15, 0.2) is 11.2 Å². The van der Waals surface area contributed by atoms with Crippen LogP contribution in [0.2, 0.25) is 0 Å². The molecule has 2 aromatic heterocycles. The topological polar surface area (TPSA) is 130 Å². The molecular weight excluding hydrogens is 286 g/mol. The van der Waals surface area contributed by atoms with Crippen molar-refractivity contribution >= 4 is 17.1 Å². The van der Waals surface area contributed by atoms with Gasteiger partial charge in [-0.1, -0.05) is 6.42 Å². The smallest absolute Gasteiger partial charge is 0.281 e. The van der Waals surface area contributed by atoms with E-state index in [9.17, 15) is 15.0 Å². The van der Waals surface area contributed by atoms with Gasteiger partial charge >= 0.3 is 0 Å². The number of anilines is 1. The average molecular weight is 305 g/mol. The summed E-state index contributed by atoms with van der Waals surface area (Å²) in [7, 11) is 0. The van der Waals surface area contributed by atoms with Gasteiger partial charge in [-0.25, -0.2) is 4.98 Å². The Bertz CT molecular complexity index is 784. The molecule has 2 fully saturated rings. The largest absolute Gasteiger partial charge is 0.392 e. The van der Waals surface area contributed by atoms with Crippen LogP contribution in [0.5, 0.6) is 0 Å². The summed E-state index contributed by atoms with van der Waals surface area (Å²) in [6.45, 7) is 0. The Morgan fingerprint density at radius 2 is 2.23 bits per heavy atom. The third-order valence-electron chi connectivity index (χ3n) is 5.44. The molecule has 0 radical (unpaired) electrons. The lowest BCUT2D eigenvalue weighted by Gasteiger charge is -2.31. The molecule has 1 unspecified atom stereocenters. The van der Waals surface area contributed by atoms with Gasteiger partial charge in [0, 0.05) is 11.5 Å². The van der Waals surface area contributed by atoms with E-state index in [1.54, 1.807) is 0 Å². The van der Waals surface area contributed by atoms with Crippen molar-refractivity contribution in [3.8, 4) is 0 Å². The Morgan fingerprint density at radius 1 is 1.41 bits per heavy atom. The lowest BCUT2D eigenvalue weighted by Crippen LogP contribution is -2.37. The van der Waals surface area contributed by atoms with Crippen LogP contribution in [0.15, 0.2) is 11.1 Å². The van der Waals surface area contributed by atoms with E-state index >= 15 is 0 Å². The highest BCUT2D eigenvalue weighted by Crippen LogP contribution is 2.54. The third-order valence-corrected chi connectivity index (χ3v) is 5.44. The molecule has 0 aromatic carbocycles. The molecule has 8 nitrogen and oxygen atoms in total. The number of aliphatic hydroxyl groups is 2. The second-order valence-corrected chi connectivity index (χ2v) is 6.50. The van der Waals surface area contributed by atoms with Crippen LogP contribution in [0.25, 0.3) is 11.2 Å². The molecule has 22 heavy (non-hydrogen) atoms. The molecule has 1 spiro atoms. The summed E-state index contributed by atoms with van der Waals surface area (Å²) in [4.78, 5) is 23.5. The van der Waals surface area contributed by atoms with Gasteiger partial charge in [0.25, 0.3) is 5.56 Å². The van der Waals surface area contributed by atoms with Crippen molar-refractivity contribution < 1.29 is 10.2 Å². The Kier molecular flexibility index (Phi) is 2.82. The molecule has 4 atom stereocenters. The minimum atomic E-state index is -0.626. The molecule has 8 heteroatoms. The van der Waals surface area contributed by atoms with Gasteiger partial charge in [-0.15, -0.1) is 0 Å². The summed E-state index contributed by atoms with van der Waals surface area (Å²) in [6, 6.07) is -0.254. The van der Waals surface area contributed by atoms with Gasteiger partial charge in [0.1, 0.15) is 0 Å². The number of nitrogen functional groups attached to an aromatic ring is 1. The molecule has 0 amide bonds. The fraction of sp³-hybridized carbons (Fsp3) is 0.643. The molecule has 2 aromatic rings. The number of fused-ring (bicyclic) bond motifs is 1. The van der Waals surface area contributed by atoms with Gasteiger partial charge in [-0.3, -0.25) is 9.36 Å². The van der Waals surface area contributed by atoms with Gasteiger partial charge in [-0.05, 0) is 25.7 Å². The van der Waals surface area contributed by atoms with E-state index in [0.717, 1.165) is 12.8 Å². The van der Waals surface area contributed by atoms with Crippen molar-refractivity contribution in [1.29, 1.82) is 0 Å². The van der Waals surface area contributed by atoms with Crippen molar-refractivity contribution in [3.63, 3.8) is 0 Å². The van der Waals surface area contributed by atoms with Crippen LogP contribution in [0, 0.1) is 5.41 Å². The van der Waals surface area contributed by atoms with Crippen LogP contribution >= 0.6 is 0 Å². The van der Waals surface area contributed by atoms with Gasteiger partial charge < -0.3 is 20.9 Å². The Morgan fingerprint density at radius 3 is 2.95 bits per heavy atom. The lowest BCUT2D eigenvalue weighted by atomic mass is 9.80. The van der Waals surface area contributed by atoms with Crippen molar-refractivity contribution in [3.05, 3.63) is 16.7 Å². The van der Waals surface area contributed by atoms with Crippen LogP contribution in [-0.4, -0.2) is 41.9 Å². The molecule has 2 heterocycles. The molecular formula is C14H19N5O3. The van der Waals surface area contributed by atoms with E-state index in [1.807, 2.05) is 0 Å². The Hall–Kier alpha value is -1.93. The predicted molar refractivity (Wildman–Crippen MR) is 79.1 cm³/mol. The van der Waals surface area contributed by atoms with Gasteiger partial charge in [0.2, 0.25) is 5.95 Å². The fourth-order valence-corrected chi connectivity index (χ4v) is 4.32. The molecule has 2 saturated carbocycles. The van der Waals surface area contributed by atoms with E-state index in [4.69, 9.17) is 5.73 Å². The van der Waals surface area contributed by atoms with Gasteiger partial charge in [0.05, 0.1) is 18.5 Å². The number of hydrogen-bond acceptors (Lipinski definition) is 6. The number of aromatic nitrogens is 4. The molecule has 5 N–H and O–H groups in total. The minimum absolute atomic E-state index is 0.103. The number of aromatic amines is 1. The van der Waals surface area contributed by atoms with E-state index in [0.29, 0.717) is 30.4 Å². The predicted octanol–water partition coefficient (Wildman–Crippen LogP) is -0.0712. The molecule has 118 valence electrons. The highest BCUT2D eigenvalue weighted by Gasteiger charge is 2.54. The zero-order chi connectivity index (χ0) is 15.5. The van der Waals surface area contributed by atoms with Crippen molar-refractivity contribution in [2.75, 3.05) is 5.73 Å². The zero-order valence-corrected chi connectivity index (χ0v) is 12.1. The molecule has 0 saturated heterocycles. The number of rotatable bonds is 1. The van der Waals surface area contributed by atoms with E-state index in [-0.39, 0.29) is 17.5 Å². The highest BCUT2D eigenvalue weighted by molar-refractivity contribution is 5.69. The number of aliphatic hydroxyl groups excluding tert-OH is 2. The van der Waals surface area contributed by atoms with Crippen LogP contribution in [-0.2, 0) is 0 Å². The first-order valence-corrected chi connectivity index (χ1v) is 7.60. The molecule has 2 aliphatic rings. The SMILES string of the molecule is Nc1nc2nc[nH]c2c(=O)n1[C@@H]1C[C@@H](O)C2(CCC[C@@H]2O)C1. The summed E-state index contributed by atoms with van der Waals surface area (Å²) in [6.07, 6.45) is 3.59. The molecule has 2 aliphatic carbocycles. The second-order valence-electron chi connectivity index (χ2n) is 6.50. The first-order valence-electron chi connectivity index (χ1n) is 7.60. The zero-order valence-electron chi connectivity index (χ0n) is 12.1. The monoisotopic (exact) mass is 305 g/mol. The third kappa shape index (κ3) is 1.67. The van der Waals surface area contributed by atoms with Crippen molar-refractivity contribution in [1.82, 2.24) is 19.5 Å². The van der Waals surface area contributed by atoms with Crippen LogP contribution in [0.1, 0.15) is 38.1 Å². The highest BCUT2D eigenvalue weighted by atomic mass is 16.3. The van der Waals surface area contributed by atoms with Crippen molar-refractivity contribution in [2.24, 2.45) is 5.41 Å². The standard InChI is InChI=1S/C14H19N5O3/c15-13-18-11-10(16-6-17-11)12(22)19(13)7-4-9(21)14(5-7)3-1-2-8(14)20/h6-9,20-21H,1-5H2,(H2,15,18)(H,16,17)/t7-,8+,9-,14?/m1/s1. The quantitative estimate of drug-likeness (QED) is 0.583. The first kappa shape index (κ1) is 13.7. The summed E-state index contributed by atoms with van der Waals surface area (Å²) in [5.74, 6) is 0.103. The number of hydrogen-bond donors (Lipinski definition) is 4. The maximum atomic E-state index is 12.6. The number of nitrogens with one attached hydrogen (secondary N) is 1.